The maximum atomic E-state index is 12.7. The smallest absolute Gasteiger partial charge is 0.255 e. The van der Waals surface area contributed by atoms with Crippen molar-refractivity contribution in [2.75, 3.05) is 25.5 Å². The van der Waals surface area contributed by atoms with E-state index in [1.807, 2.05) is 42.5 Å². The van der Waals surface area contributed by atoms with Crippen LogP contribution in [0.2, 0.25) is 0 Å². The van der Waals surface area contributed by atoms with Gasteiger partial charge in [-0.3, -0.25) is 4.79 Å². The van der Waals surface area contributed by atoms with E-state index in [9.17, 15) is 4.79 Å². The SMILES string of the molecule is CN1CCC(c2ccc(C(=O)Nc3ccc([C@@H]4C[C@]4(N)c4ccccc4)cc3)cc2)CC1. The van der Waals surface area contributed by atoms with E-state index < -0.39 is 0 Å². The number of hydrogen-bond donors (Lipinski definition) is 2. The van der Waals surface area contributed by atoms with Crippen LogP contribution in [0.15, 0.2) is 78.9 Å². The van der Waals surface area contributed by atoms with Gasteiger partial charge in [-0.1, -0.05) is 54.6 Å². The van der Waals surface area contributed by atoms with Crippen molar-refractivity contribution < 1.29 is 4.79 Å². The summed E-state index contributed by atoms with van der Waals surface area (Å²) in [6.07, 6.45) is 3.32. The fourth-order valence-corrected chi connectivity index (χ4v) is 5.01. The van der Waals surface area contributed by atoms with Crippen LogP contribution in [0.1, 0.15) is 58.1 Å². The van der Waals surface area contributed by atoms with Crippen molar-refractivity contribution in [2.45, 2.75) is 36.6 Å². The Morgan fingerprint density at radius 2 is 1.53 bits per heavy atom. The fraction of sp³-hybridized carbons (Fsp3) is 0.321. The van der Waals surface area contributed by atoms with Gasteiger partial charge in [0.2, 0.25) is 0 Å². The molecule has 1 saturated heterocycles. The molecule has 0 bridgehead atoms. The van der Waals surface area contributed by atoms with Crippen LogP contribution in [0.3, 0.4) is 0 Å². The average molecular weight is 426 g/mol. The third-order valence-corrected chi connectivity index (χ3v) is 7.25. The van der Waals surface area contributed by atoms with Crippen LogP contribution < -0.4 is 11.1 Å². The number of nitrogens with one attached hydrogen (secondary N) is 1. The lowest BCUT2D eigenvalue weighted by Crippen LogP contribution is -2.29. The minimum Gasteiger partial charge on any atom is -0.322 e. The second-order valence-electron chi connectivity index (χ2n) is 9.44. The number of hydrogen-bond acceptors (Lipinski definition) is 3. The molecule has 2 aliphatic rings. The first-order valence-electron chi connectivity index (χ1n) is 11.6. The molecule has 0 unspecified atom stereocenters. The zero-order chi connectivity index (χ0) is 22.1. The topological polar surface area (TPSA) is 58.4 Å². The summed E-state index contributed by atoms with van der Waals surface area (Å²) in [5, 5.41) is 3.03. The highest BCUT2D eigenvalue weighted by molar-refractivity contribution is 6.04. The Balaban J connectivity index is 1.20. The lowest BCUT2D eigenvalue weighted by molar-refractivity contribution is 0.102. The van der Waals surface area contributed by atoms with Gasteiger partial charge in [0.25, 0.3) is 5.91 Å². The van der Waals surface area contributed by atoms with Gasteiger partial charge < -0.3 is 16.0 Å². The molecule has 1 amide bonds. The lowest BCUT2D eigenvalue weighted by Gasteiger charge is -2.29. The quantitative estimate of drug-likeness (QED) is 0.599. The van der Waals surface area contributed by atoms with Gasteiger partial charge >= 0.3 is 0 Å². The molecule has 1 aliphatic carbocycles. The molecule has 2 fully saturated rings. The molecule has 1 heterocycles. The number of rotatable bonds is 5. The molecule has 4 heteroatoms. The number of piperidine rings is 1. The number of carbonyl (C=O) groups excluding carboxylic acids is 1. The van der Waals surface area contributed by atoms with Crippen molar-refractivity contribution in [3.63, 3.8) is 0 Å². The fourth-order valence-electron chi connectivity index (χ4n) is 5.01. The molecule has 1 aliphatic heterocycles. The molecule has 32 heavy (non-hydrogen) atoms. The molecule has 0 radical (unpaired) electrons. The number of nitrogens with two attached hydrogens (primary N) is 1. The predicted molar refractivity (Wildman–Crippen MR) is 130 cm³/mol. The largest absolute Gasteiger partial charge is 0.322 e. The molecular weight excluding hydrogens is 394 g/mol. The van der Waals surface area contributed by atoms with Crippen molar-refractivity contribution in [3.8, 4) is 0 Å². The van der Waals surface area contributed by atoms with Crippen LogP contribution in [-0.2, 0) is 5.54 Å². The van der Waals surface area contributed by atoms with E-state index in [2.05, 4.69) is 53.7 Å². The summed E-state index contributed by atoms with van der Waals surface area (Å²) >= 11 is 0. The zero-order valence-electron chi connectivity index (χ0n) is 18.6. The van der Waals surface area contributed by atoms with Gasteiger partial charge in [-0.15, -0.1) is 0 Å². The summed E-state index contributed by atoms with van der Waals surface area (Å²) in [6, 6.07) is 26.6. The molecule has 3 aromatic carbocycles. The first-order valence-corrected chi connectivity index (χ1v) is 11.6. The third kappa shape index (κ3) is 4.21. The minimum absolute atomic E-state index is 0.0726. The Hall–Kier alpha value is -2.95. The van der Waals surface area contributed by atoms with E-state index in [1.54, 1.807) is 0 Å². The van der Waals surface area contributed by atoms with Crippen molar-refractivity contribution in [2.24, 2.45) is 5.73 Å². The Morgan fingerprint density at radius 1 is 0.906 bits per heavy atom. The Bertz CT molecular complexity index is 1070. The van der Waals surface area contributed by atoms with E-state index in [1.165, 1.54) is 29.5 Å². The third-order valence-electron chi connectivity index (χ3n) is 7.25. The first-order chi connectivity index (χ1) is 15.5. The highest BCUT2D eigenvalue weighted by Crippen LogP contribution is 2.56. The Morgan fingerprint density at radius 3 is 2.19 bits per heavy atom. The number of anilines is 1. The molecule has 1 saturated carbocycles. The Labute approximate surface area is 190 Å². The van der Waals surface area contributed by atoms with Crippen molar-refractivity contribution in [1.29, 1.82) is 0 Å². The maximum absolute atomic E-state index is 12.7. The molecule has 2 atom stereocenters. The molecule has 0 aromatic heterocycles. The van der Waals surface area contributed by atoms with Gasteiger partial charge in [-0.2, -0.15) is 0 Å². The van der Waals surface area contributed by atoms with Crippen molar-refractivity contribution >= 4 is 11.6 Å². The monoisotopic (exact) mass is 425 g/mol. The minimum atomic E-state index is -0.276. The van der Waals surface area contributed by atoms with E-state index in [4.69, 9.17) is 5.73 Å². The highest BCUT2D eigenvalue weighted by Gasteiger charge is 2.52. The number of amides is 1. The first kappa shape index (κ1) is 20.9. The van der Waals surface area contributed by atoms with Gasteiger partial charge in [-0.05, 0) is 86.3 Å². The molecule has 5 rings (SSSR count). The second kappa shape index (κ2) is 8.53. The average Bonchev–Trinajstić information content (AvgIpc) is 3.53. The molecule has 0 spiro atoms. The van der Waals surface area contributed by atoms with Crippen LogP contribution in [0, 0.1) is 0 Å². The summed E-state index contributed by atoms with van der Waals surface area (Å²) in [6.45, 7) is 2.28. The van der Waals surface area contributed by atoms with E-state index in [0.29, 0.717) is 17.4 Å². The van der Waals surface area contributed by atoms with Crippen LogP contribution >= 0.6 is 0 Å². The highest BCUT2D eigenvalue weighted by atomic mass is 16.1. The summed E-state index contributed by atoms with van der Waals surface area (Å²) in [4.78, 5) is 15.1. The predicted octanol–water partition coefficient (Wildman–Crippen LogP) is 5.09. The molecule has 3 N–H and O–H groups in total. The van der Waals surface area contributed by atoms with Crippen LogP contribution in [0.5, 0.6) is 0 Å². The van der Waals surface area contributed by atoms with Gasteiger partial charge in [0, 0.05) is 22.7 Å². The van der Waals surface area contributed by atoms with Gasteiger partial charge in [-0.25, -0.2) is 0 Å². The van der Waals surface area contributed by atoms with E-state index in [-0.39, 0.29) is 11.4 Å². The second-order valence-corrected chi connectivity index (χ2v) is 9.44. The zero-order valence-corrected chi connectivity index (χ0v) is 18.6. The van der Waals surface area contributed by atoms with Gasteiger partial charge in [0.1, 0.15) is 0 Å². The number of likely N-dealkylation sites (tertiary alicyclic amines) is 1. The Kier molecular flexibility index (Phi) is 5.58. The van der Waals surface area contributed by atoms with Crippen LogP contribution in [0.4, 0.5) is 5.69 Å². The van der Waals surface area contributed by atoms with Crippen molar-refractivity contribution in [3.05, 3.63) is 101 Å². The number of benzene rings is 3. The standard InChI is InChI=1S/C28H31N3O/c1-31-17-15-21(16-18-31)20-7-9-23(10-8-20)27(32)30-25-13-11-22(12-14-25)26-19-28(26,29)24-5-3-2-4-6-24/h2-14,21,26H,15-19,29H2,1H3,(H,30,32)/t26-,28-/m0/s1. The van der Waals surface area contributed by atoms with Crippen molar-refractivity contribution in [1.82, 2.24) is 4.90 Å². The number of nitrogens with zero attached hydrogens (tertiary/aromatic N) is 1. The maximum Gasteiger partial charge on any atom is 0.255 e. The molecule has 164 valence electrons. The van der Waals surface area contributed by atoms with Gasteiger partial charge in [0.15, 0.2) is 0 Å². The summed E-state index contributed by atoms with van der Waals surface area (Å²) < 4.78 is 0. The molecular formula is C28H31N3O. The summed E-state index contributed by atoms with van der Waals surface area (Å²) in [5.41, 5.74) is 11.6. The number of carbonyl (C=O) groups is 1. The van der Waals surface area contributed by atoms with Crippen LogP contribution in [0.25, 0.3) is 0 Å². The van der Waals surface area contributed by atoms with E-state index >= 15 is 0 Å². The summed E-state index contributed by atoms with van der Waals surface area (Å²) in [7, 11) is 2.18. The normalized spacial score (nSPS) is 23.6. The lowest BCUT2D eigenvalue weighted by atomic mass is 9.89. The van der Waals surface area contributed by atoms with Crippen LogP contribution in [-0.4, -0.2) is 30.9 Å². The van der Waals surface area contributed by atoms with E-state index in [0.717, 1.165) is 25.2 Å². The molecule has 3 aromatic rings. The summed E-state index contributed by atoms with van der Waals surface area (Å²) in [5.74, 6) is 0.849. The van der Waals surface area contributed by atoms with Gasteiger partial charge in [0.05, 0.1) is 0 Å². The molecule has 4 nitrogen and oxygen atoms in total.